The highest BCUT2D eigenvalue weighted by atomic mass is 16.6. The summed E-state index contributed by atoms with van der Waals surface area (Å²) in [5, 5.41) is 0. The standard InChI is InChI=1S/C27H32N2O3/c30-25(21-10-4-3-5-11-21)20-29-24-15-9-8-14-23(24)27(32-26(29)31)16-18-28(19-17-27)22-12-6-1-2-7-13-22/h3-5,8-11,14-15,22H,1-2,6-7,12-13,16-20H2. The van der Waals surface area contributed by atoms with Crippen LogP contribution in [0.3, 0.4) is 0 Å². The molecular formula is C27H32N2O3. The predicted octanol–water partition coefficient (Wildman–Crippen LogP) is 5.54. The van der Waals surface area contributed by atoms with Crippen molar-refractivity contribution in [2.45, 2.75) is 63.0 Å². The van der Waals surface area contributed by atoms with Crippen molar-refractivity contribution in [3.8, 4) is 0 Å². The van der Waals surface area contributed by atoms with Gasteiger partial charge in [-0.1, -0.05) is 74.2 Å². The number of hydrogen-bond donors (Lipinski definition) is 0. The Labute approximate surface area is 190 Å². The van der Waals surface area contributed by atoms with Crippen molar-refractivity contribution in [1.82, 2.24) is 4.90 Å². The van der Waals surface area contributed by atoms with Crippen molar-refractivity contribution in [2.75, 3.05) is 24.5 Å². The van der Waals surface area contributed by atoms with Gasteiger partial charge in [0.2, 0.25) is 0 Å². The smallest absolute Gasteiger partial charge is 0.415 e. The van der Waals surface area contributed by atoms with Gasteiger partial charge in [-0.3, -0.25) is 9.69 Å². The van der Waals surface area contributed by atoms with Crippen LogP contribution in [0.5, 0.6) is 0 Å². The highest BCUT2D eigenvalue weighted by Crippen LogP contribution is 2.46. The van der Waals surface area contributed by atoms with Gasteiger partial charge in [-0.05, 0) is 18.9 Å². The number of piperidine rings is 1. The Kier molecular flexibility index (Phi) is 6.01. The normalized spacial score (nSPS) is 21.6. The first-order valence-corrected chi connectivity index (χ1v) is 12.1. The number of ether oxygens (including phenoxy) is 1. The Hall–Kier alpha value is -2.66. The minimum atomic E-state index is -0.582. The van der Waals surface area contributed by atoms with Crippen LogP contribution in [-0.4, -0.2) is 42.5 Å². The number of para-hydroxylation sites is 1. The van der Waals surface area contributed by atoms with Crippen molar-refractivity contribution >= 4 is 17.6 Å². The largest absolute Gasteiger partial charge is 0.437 e. The lowest BCUT2D eigenvalue weighted by atomic mass is 9.81. The van der Waals surface area contributed by atoms with E-state index < -0.39 is 11.7 Å². The number of ketones is 1. The number of benzene rings is 2. The number of hydrogen-bond acceptors (Lipinski definition) is 4. The number of Topliss-reactive ketones (excluding diaryl/α,β-unsaturated/α-hetero) is 1. The molecule has 2 aliphatic heterocycles. The van der Waals surface area contributed by atoms with Crippen LogP contribution in [0.15, 0.2) is 54.6 Å². The molecule has 0 radical (unpaired) electrons. The number of likely N-dealkylation sites (tertiary alicyclic amines) is 1. The van der Waals surface area contributed by atoms with E-state index in [1.165, 1.54) is 43.4 Å². The van der Waals surface area contributed by atoms with E-state index in [4.69, 9.17) is 4.74 Å². The molecule has 1 saturated carbocycles. The molecule has 1 saturated heterocycles. The number of anilines is 1. The van der Waals surface area contributed by atoms with Crippen LogP contribution in [0.2, 0.25) is 0 Å². The number of fused-ring (bicyclic) bond motifs is 2. The zero-order valence-corrected chi connectivity index (χ0v) is 18.7. The van der Waals surface area contributed by atoms with Crippen LogP contribution >= 0.6 is 0 Å². The number of nitrogens with zero attached hydrogens (tertiary/aromatic N) is 2. The second-order valence-corrected chi connectivity index (χ2v) is 9.44. The maximum Gasteiger partial charge on any atom is 0.415 e. The zero-order valence-electron chi connectivity index (χ0n) is 18.7. The molecule has 2 heterocycles. The molecule has 1 amide bonds. The summed E-state index contributed by atoms with van der Waals surface area (Å²) in [6, 6.07) is 17.8. The summed E-state index contributed by atoms with van der Waals surface area (Å²) in [6.45, 7) is 1.90. The lowest BCUT2D eigenvalue weighted by molar-refractivity contribution is -0.0505. The van der Waals surface area contributed by atoms with Crippen molar-refractivity contribution < 1.29 is 14.3 Å². The third kappa shape index (κ3) is 4.06. The summed E-state index contributed by atoms with van der Waals surface area (Å²) in [4.78, 5) is 30.1. The second-order valence-electron chi connectivity index (χ2n) is 9.44. The monoisotopic (exact) mass is 432 g/mol. The predicted molar refractivity (Wildman–Crippen MR) is 125 cm³/mol. The number of carbonyl (C=O) groups is 2. The third-order valence-corrected chi connectivity index (χ3v) is 7.53. The van der Waals surface area contributed by atoms with E-state index in [0.29, 0.717) is 11.6 Å². The lowest BCUT2D eigenvalue weighted by Gasteiger charge is -2.48. The average Bonchev–Trinajstić information content (AvgIpc) is 3.12. The van der Waals surface area contributed by atoms with Crippen molar-refractivity contribution in [3.05, 3.63) is 65.7 Å². The van der Waals surface area contributed by atoms with E-state index in [1.54, 1.807) is 12.1 Å². The fourth-order valence-corrected chi connectivity index (χ4v) is 5.72. The van der Waals surface area contributed by atoms with Crippen molar-refractivity contribution in [1.29, 1.82) is 0 Å². The molecule has 0 unspecified atom stereocenters. The van der Waals surface area contributed by atoms with Gasteiger partial charge < -0.3 is 9.64 Å². The summed E-state index contributed by atoms with van der Waals surface area (Å²) < 4.78 is 6.16. The number of carbonyl (C=O) groups excluding carboxylic acids is 2. The Morgan fingerprint density at radius 2 is 1.56 bits per heavy atom. The van der Waals surface area contributed by atoms with E-state index in [2.05, 4.69) is 11.0 Å². The van der Waals surface area contributed by atoms with Gasteiger partial charge in [0.05, 0.1) is 12.2 Å². The Morgan fingerprint density at radius 3 is 2.28 bits per heavy atom. The fourth-order valence-electron chi connectivity index (χ4n) is 5.72. The lowest BCUT2D eigenvalue weighted by Crippen LogP contribution is -2.53. The first kappa shape index (κ1) is 21.2. The van der Waals surface area contributed by atoms with Gasteiger partial charge in [0.25, 0.3) is 0 Å². The van der Waals surface area contributed by atoms with E-state index in [1.807, 2.05) is 36.4 Å². The molecule has 0 bridgehead atoms. The van der Waals surface area contributed by atoms with Gasteiger partial charge in [0.15, 0.2) is 5.78 Å². The van der Waals surface area contributed by atoms with E-state index in [0.717, 1.165) is 37.2 Å². The topological polar surface area (TPSA) is 49.9 Å². The first-order chi connectivity index (χ1) is 15.7. The Balaban J connectivity index is 1.35. The highest BCUT2D eigenvalue weighted by Gasteiger charge is 2.47. The molecule has 32 heavy (non-hydrogen) atoms. The van der Waals surface area contributed by atoms with E-state index >= 15 is 0 Å². The molecule has 0 aromatic heterocycles. The summed E-state index contributed by atoms with van der Waals surface area (Å²) in [6.07, 6.45) is 9.17. The van der Waals surface area contributed by atoms with Crippen molar-refractivity contribution in [2.24, 2.45) is 0 Å². The molecule has 1 aliphatic carbocycles. The summed E-state index contributed by atoms with van der Waals surface area (Å²) in [7, 11) is 0. The molecular weight excluding hydrogens is 400 g/mol. The van der Waals surface area contributed by atoms with Crippen LogP contribution in [0, 0.1) is 0 Å². The highest BCUT2D eigenvalue weighted by molar-refractivity contribution is 6.04. The molecule has 0 N–H and O–H groups in total. The molecule has 168 valence electrons. The van der Waals surface area contributed by atoms with E-state index in [-0.39, 0.29) is 12.3 Å². The molecule has 5 rings (SSSR count). The quantitative estimate of drug-likeness (QED) is 0.470. The molecule has 2 aromatic rings. The number of rotatable bonds is 4. The van der Waals surface area contributed by atoms with Gasteiger partial charge in [0.1, 0.15) is 5.60 Å². The molecule has 0 atom stereocenters. The molecule has 5 nitrogen and oxygen atoms in total. The molecule has 2 aromatic carbocycles. The zero-order chi connectivity index (χ0) is 22.0. The summed E-state index contributed by atoms with van der Waals surface area (Å²) in [5.74, 6) is -0.0866. The minimum absolute atomic E-state index is 0.00978. The molecule has 5 heteroatoms. The van der Waals surface area contributed by atoms with Crippen LogP contribution in [0.25, 0.3) is 0 Å². The summed E-state index contributed by atoms with van der Waals surface area (Å²) in [5.41, 5.74) is 1.88. The van der Waals surface area contributed by atoms with Crippen LogP contribution in [-0.2, 0) is 10.3 Å². The fraction of sp³-hybridized carbons (Fsp3) is 0.481. The van der Waals surface area contributed by atoms with Crippen molar-refractivity contribution in [3.63, 3.8) is 0 Å². The first-order valence-electron chi connectivity index (χ1n) is 12.1. The van der Waals surface area contributed by atoms with Crippen LogP contribution < -0.4 is 4.90 Å². The maximum atomic E-state index is 13.2. The minimum Gasteiger partial charge on any atom is -0.437 e. The summed E-state index contributed by atoms with van der Waals surface area (Å²) >= 11 is 0. The molecule has 3 aliphatic rings. The SMILES string of the molecule is O=C(CN1C(=O)OC2(CCN(C3CCCCCC3)CC2)c2ccccc21)c1ccccc1. The maximum absolute atomic E-state index is 13.2. The Bertz CT molecular complexity index is 958. The Morgan fingerprint density at radius 1 is 0.906 bits per heavy atom. The second kappa shape index (κ2) is 9.07. The average molecular weight is 433 g/mol. The van der Waals surface area contributed by atoms with Gasteiger partial charge in [0, 0.05) is 43.1 Å². The molecule has 2 fully saturated rings. The van der Waals surface area contributed by atoms with Gasteiger partial charge >= 0.3 is 6.09 Å². The van der Waals surface area contributed by atoms with E-state index in [9.17, 15) is 9.59 Å². The molecule has 1 spiro atoms. The van der Waals surface area contributed by atoms with Gasteiger partial charge in [-0.15, -0.1) is 0 Å². The van der Waals surface area contributed by atoms with Crippen LogP contribution in [0.1, 0.15) is 67.3 Å². The van der Waals surface area contributed by atoms with Gasteiger partial charge in [-0.25, -0.2) is 4.79 Å². The third-order valence-electron chi connectivity index (χ3n) is 7.53. The van der Waals surface area contributed by atoms with Gasteiger partial charge in [-0.2, -0.15) is 0 Å². The number of amides is 1. The van der Waals surface area contributed by atoms with Crippen LogP contribution in [0.4, 0.5) is 10.5 Å².